The third-order valence-corrected chi connectivity index (χ3v) is 5.01. The van der Waals surface area contributed by atoms with Gasteiger partial charge in [0, 0.05) is 11.0 Å². The van der Waals surface area contributed by atoms with Gasteiger partial charge in [-0.15, -0.1) is 0 Å². The van der Waals surface area contributed by atoms with Crippen LogP contribution in [0.4, 0.5) is 0 Å². The van der Waals surface area contributed by atoms with Gasteiger partial charge in [-0.05, 0) is 26.7 Å². The van der Waals surface area contributed by atoms with Crippen LogP contribution in [-0.2, 0) is 11.0 Å². The molecule has 0 amide bonds. The van der Waals surface area contributed by atoms with Crippen molar-refractivity contribution < 1.29 is 0 Å². The van der Waals surface area contributed by atoms with Crippen LogP contribution in [0.3, 0.4) is 0 Å². The van der Waals surface area contributed by atoms with Crippen molar-refractivity contribution in [2.24, 2.45) is 0 Å². The molecule has 4 aromatic heterocycles. The van der Waals surface area contributed by atoms with Crippen molar-refractivity contribution in [1.29, 1.82) is 0 Å². The highest BCUT2D eigenvalue weighted by atomic mass is 15.2. The van der Waals surface area contributed by atoms with E-state index >= 15 is 0 Å². The third-order valence-electron chi connectivity index (χ3n) is 5.01. The molecule has 1 N–H and O–H groups in total. The molecular formula is C18H22N8. The zero-order chi connectivity index (χ0) is 18.4. The highest BCUT2D eigenvalue weighted by Crippen LogP contribution is 2.33. The van der Waals surface area contributed by atoms with Gasteiger partial charge in [-0.1, -0.05) is 13.8 Å². The van der Waals surface area contributed by atoms with Crippen molar-refractivity contribution in [2.45, 2.75) is 51.5 Å². The van der Waals surface area contributed by atoms with Gasteiger partial charge in [0.15, 0.2) is 11.3 Å². The third kappa shape index (κ3) is 2.81. The molecule has 134 valence electrons. The summed E-state index contributed by atoms with van der Waals surface area (Å²) in [6.07, 6.45) is 10.4. The highest BCUT2D eigenvalue weighted by molar-refractivity contribution is 5.69. The minimum absolute atomic E-state index is 0.142. The van der Waals surface area contributed by atoms with Crippen molar-refractivity contribution in [3.63, 3.8) is 0 Å². The number of hydrogen-bond acceptors (Lipinski definition) is 6. The lowest BCUT2D eigenvalue weighted by Gasteiger charge is -2.31. The van der Waals surface area contributed by atoms with E-state index in [1.807, 2.05) is 6.33 Å². The van der Waals surface area contributed by atoms with Gasteiger partial charge in [0.25, 0.3) is 0 Å². The highest BCUT2D eigenvalue weighted by Gasteiger charge is 2.30. The predicted molar refractivity (Wildman–Crippen MR) is 98.6 cm³/mol. The summed E-state index contributed by atoms with van der Waals surface area (Å²) in [5.41, 5.74) is 2.92. The molecule has 0 unspecified atom stereocenters. The molecule has 4 heterocycles. The van der Waals surface area contributed by atoms with Gasteiger partial charge in [0.05, 0.1) is 25.0 Å². The first kappa shape index (κ1) is 16.6. The van der Waals surface area contributed by atoms with Crippen LogP contribution in [0.5, 0.6) is 0 Å². The summed E-state index contributed by atoms with van der Waals surface area (Å²) in [5, 5.41) is 0. The van der Waals surface area contributed by atoms with Crippen molar-refractivity contribution in [1.82, 2.24) is 39.5 Å². The Kier molecular flexibility index (Phi) is 3.71. The van der Waals surface area contributed by atoms with Crippen molar-refractivity contribution >= 4 is 22.3 Å². The second kappa shape index (κ2) is 5.82. The fourth-order valence-corrected chi connectivity index (χ4v) is 3.12. The number of aromatic amines is 1. The zero-order valence-corrected chi connectivity index (χ0v) is 15.4. The lowest BCUT2D eigenvalue weighted by atomic mass is 9.82. The molecule has 0 radical (unpaired) electrons. The molecule has 0 saturated carbocycles. The van der Waals surface area contributed by atoms with Crippen molar-refractivity contribution in [3.05, 3.63) is 37.2 Å². The molecule has 0 aromatic carbocycles. The summed E-state index contributed by atoms with van der Waals surface area (Å²) in [5.74, 6) is 0.811. The summed E-state index contributed by atoms with van der Waals surface area (Å²) in [7, 11) is 0. The Bertz CT molecular complexity index is 1060. The number of hydrogen-bond donors (Lipinski definition) is 1. The molecule has 0 bridgehead atoms. The number of H-pyrrole nitrogens is 1. The Labute approximate surface area is 151 Å². The number of aromatic nitrogens is 8. The summed E-state index contributed by atoms with van der Waals surface area (Å²) in [6.45, 7) is 8.74. The van der Waals surface area contributed by atoms with Gasteiger partial charge in [0.2, 0.25) is 0 Å². The molecule has 0 fully saturated rings. The average molecular weight is 350 g/mol. The molecule has 4 rings (SSSR count). The second-order valence-electron chi connectivity index (χ2n) is 7.88. The van der Waals surface area contributed by atoms with Crippen LogP contribution < -0.4 is 0 Å². The van der Waals surface area contributed by atoms with Crippen LogP contribution in [0.15, 0.2) is 31.4 Å². The Morgan fingerprint density at radius 3 is 2.69 bits per heavy atom. The monoisotopic (exact) mass is 350 g/mol. The number of imidazole rings is 2. The van der Waals surface area contributed by atoms with Gasteiger partial charge in [0.1, 0.15) is 23.2 Å². The van der Waals surface area contributed by atoms with Gasteiger partial charge in [-0.3, -0.25) is 0 Å². The molecule has 0 spiro atoms. The Balaban J connectivity index is 1.58. The van der Waals surface area contributed by atoms with E-state index in [1.165, 1.54) is 0 Å². The standard InChI is InChI=1S/C18H22N8/c1-17(2,16-20-8-12-14(25-16)22-10-21-12)5-6-18(3,4)26-11-24-13-7-19-9-23-15(13)26/h7-11H,5-6H2,1-4H3,(H,20,21,22,25). The van der Waals surface area contributed by atoms with Crippen molar-refractivity contribution in [3.8, 4) is 0 Å². The van der Waals surface area contributed by atoms with Crippen LogP contribution in [0.2, 0.25) is 0 Å². The predicted octanol–water partition coefficient (Wildman–Crippen LogP) is 2.99. The summed E-state index contributed by atoms with van der Waals surface area (Å²) < 4.78 is 2.12. The molecule has 0 aliphatic heterocycles. The average Bonchev–Trinajstić information content (AvgIpc) is 3.26. The lowest BCUT2D eigenvalue weighted by Crippen LogP contribution is -2.30. The van der Waals surface area contributed by atoms with E-state index in [4.69, 9.17) is 0 Å². The van der Waals surface area contributed by atoms with Crippen LogP contribution >= 0.6 is 0 Å². The fraction of sp³-hybridized carbons (Fsp3) is 0.444. The lowest BCUT2D eigenvalue weighted by molar-refractivity contribution is 0.284. The quantitative estimate of drug-likeness (QED) is 0.594. The van der Waals surface area contributed by atoms with Gasteiger partial charge < -0.3 is 9.55 Å². The smallest absolute Gasteiger partial charge is 0.180 e. The van der Waals surface area contributed by atoms with Crippen molar-refractivity contribution in [2.75, 3.05) is 0 Å². The molecule has 0 aliphatic carbocycles. The molecule has 26 heavy (non-hydrogen) atoms. The molecule has 8 nitrogen and oxygen atoms in total. The largest absolute Gasteiger partial charge is 0.342 e. The van der Waals surface area contributed by atoms with E-state index < -0.39 is 0 Å². The summed E-state index contributed by atoms with van der Waals surface area (Å²) >= 11 is 0. The molecule has 0 atom stereocenters. The molecule has 8 heteroatoms. The maximum atomic E-state index is 4.63. The molecular weight excluding hydrogens is 328 g/mol. The second-order valence-corrected chi connectivity index (χ2v) is 7.88. The maximum absolute atomic E-state index is 4.63. The number of nitrogens with zero attached hydrogens (tertiary/aromatic N) is 7. The zero-order valence-electron chi connectivity index (χ0n) is 15.4. The van der Waals surface area contributed by atoms with Crippen LogP contribution in [0.25, 0.3) is 22.3 Å². The fourth-order valence-electron chi connectivity index (χ4n) is 3.12. The van der Waals surface area contributed by atoms with E-state index in [2.05, 4.69) is 67.1 Å². The van der Waals surface area contributed by atoms with Crippen LogP contribution in [0.1, 0.15) is 46.4 Å². The minimum atomic E-state index is -0.171. The van der Waals surface area contributed by atoms with Gasteiger partial charge in [-0.2, -0.15) is 0 Å². The van der Waals surface area contributed by atoms with E-state index in [0.29, 0.717) is 5.65 Å². The molecule has 0 saturated heterocycles. The normalized spacial score (nSPS) is 12.9. The Morgan fingerprint density at radius 1 is 1.00 bits per heavy atom. The van der Waals surface area contributed by atoms with Crippen LogP contribution in [0, 0.1) is 0 Å². The summed E-state index contributed by atoms with van der Waals surface area (Å²) in [4.78, 5) is 29.3. The van der Waals surface area contributed by atoms with E-state index in [9.17, 15) is 0 Å². The van der Waals surface area contributed by atoms with Crippen LogP contribution in [-0.4, -0.2) is 39.5 Å². The molecule has 0 aliphatic rings. The summed E-state index contributed by atoms with van der Waals surface area (Å²) in [6, 6.07) is 0. The Morgan fingerprint density at radius 2 is 1.85 bits per heavy atom. The van der Waals surface area contributed by atoms with E-state index in [-0.39, 0.29) is 11.0 Å². The number of fused-ring (bicyclic) bond motifs is 2. The Hall–Kier alpha value is -2.90. The van der Waals surface area contributed by atoms with Gasteiger partial charge in [-0.25, -0.2) is 29.9 Å². The number of nitrogens with one attached hydrogen (secondary N) is 1. The van der Waals surface area contributed by atoms with Gasteiger partial charge >= 0.3 is 0 Å². The molecule has 4 aromatic rings. The van der Waals surface area contributed by atoms with E-state index in [1.54, 1.807) is 25.0 Å². The number of rotatable bonds is 5. The SMILES string of the molecule is CC(C)(CCC(C)(C)n1cnc2cncnc21)c1ncc2[nH]cnc2n1. The van der Waals surface area contributed by atoms with E-state index in [0.717, 1.165) is 35.3 Å². The topological polar surface area (TPSA) is 98.1 Å². The first-order valence-electron chi connectivity index (χ1n) is 8.67. The minimum Gasteiger partial charge on any atom is -0.342 e. The first-order chi connectivity index (χ1) is 12.4. The first-order valence-corrected chi connectivity index (χ1v) is 8.67. The maximum Gasteiger partial charge on any atom is 0.180 e.